The molecule has 0 aromatic heterocycles. The van der Waals surface area contributed by atoms with Gasteiger partial charge in [-0.25, -0.2) is 4.99 Å². The SMILES string of the molecule is CN(C)CCN1C(=O)/C(=C\c2ccc(O)c(O)c2)SC1=Nc1ccc(Cl)cc1. The van der Waals surface area contributed by atoms with Gasteiger partial charge in [0.2, 0.25) is 0 Å². The first-order valence-corrected chi connectivity index (χ1v) is 9.75. The minimum absolute atomic E-state index is 0.146. The van der Waals surface area contributed by atoms with Gasteiger partial charge in [0, 0.05) is 18.1 Å². The number of amides is 1. The van der Waals surface area contributed by atoms with E-state index in [1.807, 2.05) is 19.0 Å². The summed E-state index contributed by atoms with van der Waals surface area (Å²) < 4.78 is 0. The van der Waals surface area contributed by atoms with Crippen molar-refractivity contribution in [3.8, 4) is 11.5 Å². The summed E-state index contributed by atoms with van der Waals surface area (Å²) in [7, 11) is 3.89. The Hall–Kier alpha value is -2.48. The summed E-state index contributed by atoms with van der Waals surface area (Å²) in [5, 5.41) is 20.4. The van der Waals surface area contributed by atoms with Crippen molar-refractivity contribution in [3.63, 3.8) is 0 Å². The fourth-order valence-electron chi connectivity index (χ4n) is 2.50. The number of nitrogens with zero attached hydrogens (tertiary/aromatic N) is 3. The predicted octanol–water partition coefficient (Wildman–Crippen LogP) is 3.92. The van der Waals surface area contributed by atoms with Crippen molar-refractivity contribution in [1.29, 1.82) is 0 Å². The molecule has 0 unspecified atom stereocenters. The quantitative estimate of drug-likeness (QED) is 0.569. The zero-order valence-electron chi connectivity index (χ0n) is 15.5. The summed E-state index contributed by atoms with van der Waals surface area (Å²) in [5.41, 5.74) is 1.32. The number of thioether (sulfide) groups is 1. The molecule has 0 atom stereocenters. The maximum absolute atomic E-state index is 12.9. The first-order valence-electron chi connectivity index (χ1n) is 8.56. The van der Waals surface area contributed by atoms with Crippen molar-refractivity contribution in [2.24, 2.45) is 4.99 Å². The molecule has 2 aromatic rings. The summed E-state index contributed by atoms with van der Waals surface area (Å²) in [6.07, 6.45) is 1.68. The van der Waals surface area contributed by atoms with Crippen LogP contribution in [0.15, 0.2) is 52.4 Å². The number of aromatic hydroxyl groups is 2. The van der Waals surface area contributed by atoms with Crippen molar-refractivity contribution in [2.75, 3.05) is 27.2 Å². The van der Waals surface area contributed by atoms with Gasteiger partial charge in [-0.15, -0.1) is 0 Å². The zero-order valence-corrected chi connectivity index (χ0v) is 17.0. The number of carbonyl (C=O) groups is 1. The number of carbonyl (C=O) groups excluding carboxylic acids is 1. The monoisotopic (exact) mass is 417 g/mol. The number of hydrogen-bond acceptors (Lipinski definition) is 6. The summed E-state index contributed by atoms with van der Waals surface area (Å²) in [6, 6.07) is 11.5. The fourth-order valence-corrected chi connectivity index (χ4v) is 3.65. The third kappa shape index (κ3) is 4.86. The standard InChI is InChI=1S/C20H20ClN3O3S/c1-23(2)9-10-24-19(27)18(12-13-3-8-16(25)17(26)11-13)28-20(24)22-15-6-4-14(21)5-7-15/h3-8,11-12,25-26H,9-10H2,1-2H3/b18-12+,22-20?. The van der Waals surface area contributed by atoms with Crippen LogP contribution < -0.4 is 0 Å². The highest BCUT2D eigenvalue weighted by Crippen LogP contribution is 2.35. The number of halogens is 1. The van der Waals surface area contributed by atoms with Crippen molar-refractivity contribution >= 4 is 46.2 Å². The number of aliphatic imine (C=N–C) groups is 1. The lowest BCUT2D eigenvalue weighted by Gasteiger charge is -2.18. The molecule has 1 aliphatic heterocycles. The van der Waals surface area contributed by atoms with Gasteiger partial charge >= 0.3 is 0 Å². The average Bonchev–Trinajstić information content (AvgIpc) is 2.93. The predicted molar refractivity (Wildman–Crippen MR) is 114 cm³/mol. The Morgan fingerprint density at radius 2 is 1.86 bits per heavy atom. The number of likely N-dealkylation sites (N-methyl/N-ethyl adjacent to an activating group) is 1. The number of phenols is 2. The van der Waals surface area contributed by atoms with Crippen LogP contribution in [0.4, 0.5) is 5.69 Å². The van der Waals surface area contributed by atoms with Crippen LogP contribution in [0.3, 0.4) is 0 Å². The van der Waals surface area contributed by atoms with Crippen LogP contribution in [0.1, 0.15) is 5.56 Å². The van der Waals surface area contributed by atoms with Crippen LogP contribution in [0.5, 0.6) is 11.5 Å². The summed E-state index contributed by atoms with van der Waals surface area (Å²) in [4.78, 5) is 21.7. The zero-order chi connectivity index (χ0) is 20.3. The van der Waals surface area contributed by atoms with Crippen LogP contribution in [-0.4, -0.2) is 58.3 Å². The van der Waals surface area contributed by atoms with Crippen LogP contribution in [0.2, 0.25) is 5.02 Å². The smallest absolute Gasteiger partial charge is 0.266 e. The normalized spacial score (nSPS) is 17.3. The third-order valence-corrected chi connectivity index (χ3v) is 5.27. The van der Waals surface area contributed by atoms with Gasteiger partial charge in [-0.3, -0.25) is 9.69 Å². The highest BCUT2D eigenvalue weighted by atomic mass is 35.5. The second-order valence-electron chi connectivity index (χ2n) is 6.49. The van der Waals surface area contributed by atoms with E-state index in [9.17, 15) is 15.0 Å². The molecule has 0 saturated carbocycles. The van der Waals surface area contributed by atoms with Gasteiger partial charge in [-0.1, -0.05) is 17.7 Å². The molecule has 0 spiro atoms. The maximum Gasteiger partial charge on any atom is 0.266 e. The van der Waals surface area contributed by atoms with Gasteiger partial charge < -0.3 is 15.1 Å². The van der Waals surface area contributed by atoms with Crippen LogP contribution in [-0.2, 0) is 4.79 Å². The number of hydrogen-bond donors (Lipinski definition) is 2. The van der Waals surface area contributed by atoms with Gasteiger partial charge in [0.15, 0.2) is 16.7 Å². The molecule has 2 N–H and O–H groups in total. The molecule has 0 bridgehead atoms. The highest BCUT2D eigenvalue weighted by molar-refractivity contribution is 8.18. The molecular weight excluding hydrogens is 398 g/mol. The average molecular weight is 418 g/mol. The Morgan fingerprint density at radius 3 is 2.50 bits per heavy atom. The third-order valence-electron chi connectivity index (χ3n) is 4.01. The second kappa shape index (κ2) is 8.68. The molecule has 1 amide bonds. The molecule has 6 nitrogen and oxygen atoms in total. The topological polar surface area (TPSA) is 76.4 Å². The van der Waals surface area contributed by atoms with E-state index >= 15 is 0 Å². The van der Waals surface area contributed by atoms with E-state index in [0.717, 1.165) is 0 Å². The first-order chi connectivity index (χ1) is 13.3. The van der Waals surface area contributed by atoms with E-state index < -0.39 is 0 Å². The van der Waals surface area contributed by atoms with Gasteiger partial charge in [-0.05, 0) is 73.9 Å². The molecule has 0 aliphatic carbocycles. The molecule has 28 heavy (non-hydrogen) atoms. The first kappa shape index (κ1) is 20.3. The fraction of sp³-hybridized carbons (Fsp3) is 0.200. The number of benzene rings is 2. The Bertz CT molecular complexity index is 942. The van der Waals surface area contributed by atoms with E-state index in [4.69, 9.17) is 11.6 Å². The molecule has 1 saturated heterocycles. The van der Waals surface area contributed by atoms with Crippen molar-refractivity contribution in [1.82, 2.24) is 9.80 Å². The Morgan fingerprint density at radius 1 is 1.14 bits per heavy atom. The lowest BCUT2D eigenvalue weighted by molar-refractivity contribution is -0.122. The van der Waals surface area contributed by atoms with Crippen LogP contribution >= 0.6 is 23.4 Å². The summed E-state index contributed by atoms with van der Waals surface area (Å²) in [6.45, 7) is 1.20. The lowest BCUT2D eigenvalue weighted by atomic mass is 10.2. The van der Waals surface area contributed by atoms with Gasteiger partial charge in [0.25, 0.3) is 5.91 Å². The van der Waals surface area contributed by atoms with Gasteiger partial charge in [0.1, 0.15) is 0 Å². The van der Waals surface area contributed by atoms with Crippen molar-refractivity contribution < 1.29 is 15.0 Å². The van der Waals surface area contributed by atoms with Gasteiger partial charge in [-0.2, -0.15) is 0 Å². The Labute approximate surface area is 172 Å². The van der Waals surface area contributed by atoms with Crippen molar-refractivity contribution in [2.45, 2.75) is 0 Å². The van der Waals surface area contributed by atoms with Crippen LogP contribution in [0.25, 0.3) is 6.08 Å². The highest BCUT2D eigenvalue weighted by Gasteiger charge is 2.33. The van der Waals surface area contributed by atoms with E-state index in [2.05, 4.69) is 4.99 Å². The molecule has 1 heterocycles. The van der Waals surface area contributed by atoms with Gasteiger partial charge in [0.05, 0.1) is 10.6 Å². The molecule has 146 valence electrons. The minimum atomic E-state index is -0.232. The lowest BCUT2D eigenvalue weighted by Crippen LogP contribution is -2.35. The molecule has 1 aliphatic rings. The summed E-state index contributed by atoms with van der Waals surface area (Å²) >= 11 is 7.21. The molecule has 0 radical (unpaired) electrons. The van der Waals surface area contributed by atoms with Crippen LogP contribution in [0, 0.1) is 0 Å². The molecule has 3 rings (SSSR count). The number of rotatable bonds is 5. The maximum atomic E-state index is 12.9. The van der Waals surface area contributed by atoms with E-state index in [-0.39, 0.29) is 17.4 Å². The largest absolute Gasteiger partial charge is 0.504 e. The van der Waals surface area contributed by atoms with E-state index in [1.54, 1.807) is 41.3 Å². The number of amidine groups is 1. The minimum Gasteiger partial charge on any atom is -0.504 e. The Kier molecular flexibility index (Phi) is 6.28. The molecule has 1 fully saturated rings. The molecular formula is C20H20ClN3O3S. The van der Waals surface area contributed by atoms with E-state index in [0.29, 0.717) is 39.4 Å². The molecule has 2 aromatic carbocycles. The summed E-state index contributed by atoms with van der Waals surface area (Å²) in [5.74, 6) is -0.582. The van der Waals surface area contributed by atoms with E-state index in [1.165, 1.54) is 23.9 Å². The second-order valence-corrected chi connectivity index (χ2v) is 7.94. The molecule has 8 heteroatoms. The Balaban J connectivity index is 1.93. The number of phenolic OH excluding ortho intramolecular Hbond substituents is 2. The van der Waals surface area contributed by atoms with Crippen molar-refractivity contribution in [3.05, 3.63) is 58.0 Å².